The zero-order valence-corrected chi connectivity index (χ0v) is 11.7. The second-order valence-corrected chi connectivity index (χ2v) is 5.12. The van der Waals surface area contributed by atoms with Crippen molar-refractivity contribution < 1.29 is 0 Å². The normalized spacial score (nSPS) is 19.5. The summed E-state index contributed by atoms with van der Waals surface area (Å²) in [5, 5.41) is 0. The molecule has 0 amide bonds. The van der Waals surface area contributed by atoms with E-state index in [4.69, 9.17) is 10.7 Å². The third-order valence-corrected chi connectivity index (χ3v) is 3.80. The highest BCUT2D eigenvalue weighted by Gasteiger charge is 2.26. The molecule has 1 fully saturated rings. The summed E-state index contributed by atoms with van der Waals surface area (Å²) in [7, 11) is 0. The van der Waals surface area contributed by atoms with Crippen molar-refractivity contribution in [2.24, 2.45) is 0 Å². The lowest BCUT2D eigenvalue weighted by atomic mass is 10.1. The van der Waals surface area contributed by atoms with E-state index in [9.17, 15) is 0 Å². The maximum Gasteiger partial charge on any atom is 0.137 e. The van der Waals surface area contributed by atoms with E-state index in [0.29, 0.717) is 11.9 Å². The SMILES string of the molecule is CCCc1nc(N)c(C)c(N2CCCC2CC)n1. The second-order valence-electron chi connectivity index (χ2n) is 5.12. The molecule has 2 rings (SSSR count). The molecule has 18 heavy (non-hydrogen) atoms. The first-order valence-corrected chi connectivity index (χ1v) is 7.07. The Bertz CT molecular complexity index is 417. The van der Waals surface area contributed by atoms with E-state index in [1.807, 2.05) is 6.92 Å². The van der Waals surface area contributed by atoms with Gasteiger partial charge in [0, 0.05) is 24.6 Å². The van der Waals surface area contributed by atoms with Gasteiger partial charge in [0.05, 0.1) is 0 Å². The molecule has 2 N–H and O–H groups in total. The van der Waals surface area contributed by atoms with Crippen LogP contribution in [0.25, 0.3) is 0 Å². The summed E-state index contributed by atoms with van der Waals surface area (Å²) in [6.45, 7) is 7.52. The number of hydrogen-bond donors (Lipinski definition) is 1. The van der Waals surface area contributed by atoms with Gasteiger partial charge in [-0.1, -0.05) is 13.8 Å². The molecule has 1 unspecified atom stereocenters. The molecule has 1 atom stereocenters. The quantitative estimate of drug-likeness (QED) is 0.890. The van der Waals surface area contributed by atoms with E-state index in [1.165, 1.54) is 19.3 Å². The van der Waals surface area contributed by atoms with Crippen LogP contribution in [0.4, 0.5) is 11.6 Å². The van der Waals surface area contributed by atoms with Crippen LogP contribution in [0, 0.1) is 6.92 Å². The van der Waals surface area contributed by atoms with Crippen LogP contribution in [0.5, 0.6) is 0 Å². The van der Waals surface area contributed by atoms with Crippen molar-refractivity contribution in [3.05, 3.63) is 11.4 Å². The Labute approximate surface area is 110 Å². The van der Waals surface area contributed by atoms with Gasteiger partial charge in [0.15, 0.2) is 0 Å². The van der Waals surface area contributed by atoms with Crippen molar-refractivity contribution in [2.75, 3.05) is 17.2 Å². The van der Waals surface area contributed by atoms with Gasteiger partial charge in [0.1, 0.15) is 17.5 Å². The Morgan fingerprint density at radius 3 is 2.78 bits per heavy atom. The molecule has 0 spiro atoms. The molecule has 0 saturated carbocycles. The summed E-state index contributed by atoms with van der Waals surface area (Å²) < 4.78 is 0. The topological polar surface area (TPSA) is 55.0 Å². The molecule has 1 aliphatic heterocycles. The number of aromatic nitrogens is 2. The minimum Gasteiger partial charge on any atom is -0.383 e. The minimum atomic E-state index is 0.618. The van der Waals surface area contributed by atoms with E-state index in [0.717, 1.165) is 36.6 Å². The lowest BCUT2D eigenvalue weighted by molar-refractivity contribution is 0.636. The summed E-state index contributed by atoms with van der Waals surface area (Å²) in [5.41, 5.74) is 7.07. The Kier molecular flexibility index (Phi) is 4.04. The molecule has 4 nitrogen and oxygen atoms in total. The van der Waals surface area contributed by atoms with Crippen LogP contribution in [-0.4, -0.2) is 22.6 Å². The molecule has 0 aromatic carbocycles. The number of nitrogens with two attached hydrogens (primary N) is 1. The highest BCUT2D eigenvalue weighted by molar-refractivity contribution is 5.57. The molecule has 1 aliphatic rings. The molecule has 4 heteroatoms. The number of rotatable bonds is 4. The van der Waals surface area contributed by atoms with E-state index in [2.05, 4.69) is 23.7 Å². The van der Waals surface area contributed by atoms with Crippen LogP contribution in [0.3, 0.4) is 0 Å². The van der Waals surface area contributed by atoms with Crippen LogP contribution in [0.15, 0.2) is 0 Å². The smallest absolute Gasteiger partial charge is 0.137 e. The van der Waals surface area contributed by atoms with Crippen molar-refractivity contribution >= 4 is 11.6 Å². The fraction of sp³-hybridized carbons (Fsp3) is 0.714. The van der Waals surface area contributed by atoms with E-state index < -0.39 is 0 Å². The Hall–Kier alpha value is -1.32. The number of nitrogen functional groups attached to an aromatic ring is 1. The molecular weight excluding hydrogens is 224 g/mol. The van der Waals surface area contributed by atoms with Gasteiger partial charge in [-0.15, -0.1) is 0 Å². The molecule has 0 aliphatic carbocycles. The first kappa shape index (κ1) is 13.1. The maximum atomic E-state index is 6.03. The van der Waals surface area contributed by atoms with Gasteiger partial charge in [-0.3, -0.25) is 0 Å². The maximum absolute atomic E-state index is 6.03. The van der Waals surface area contributed by atoms with Crippen LogP contribution in [0.1, 0.15) is 50.9 Å². The van der Waals surface area contributed by atoms with Gasteiger partial charge in [-0.05, 0) is 32.6 Å². The van der Waals surface area contributed by atoms with Gasteiger partial charge in [0.25, 0.3) is 0 Å². The van der Waals surface area contributed by atoms with E-state index >= 15 is 0 Å². The van der Waals surface area contributed by atoms with Gasteiger partial charge < -0.3 is 10.6 Å². The zero-order chi connectivity index (χ0) is 13.1. The van der Waals surface area contributed by atoms with Crippen molar-refractivity contribution in [2.45, 2.75) is 58.9 Å². The first-order chi connectivity index (χ1) is 8.67. The van der Waals surface area contributed by atoms with Crippen LogP contribution < -0.4 is 10.6 Å². The average Bonchev–Trinajstić information content (AvgIpc) is 2.82. The first-order valence-electron chi connectivity index (χ1n) is 7.07. The molecule has 1 aromatic heterocycles. The predicted molar refractivity (Wildman–Crippen MR) is 75.8 cm³/mol. The standard InChI is InChI=1S/C14H24N4/c1-4-7-12-16-13(15)10(3)14(17-12)18-9-6-8-11(18)5-2/h11H,4-9H2,1-3H3,(H2,15,16,17). The molecule has 100 valence electrons. The Balaban J connectivity index is 2.36. The molecule has 2 heterocycles. The Morgan fingerprint density at radius 1 is 1.33 bits per heavy atom. The zero-order valence-electron chi connectivity index (χ0n) is 11.7. The summed E-state index contributed by atoms with van der Waals surface area (Å²) in [6, 6.07) is 0.618. The van der Waals surface area contributed by atoms with Crippen molar-refractivity contribution in [1.82, 2.24) is 9.97 Å². The summed E-state index contributed by atoms with van der Waals surface area (Å²) in [5.74, 6) is 2.60. The van der Waals surface area contributed by atoms with Crippen molar-refractivity contribution in [3.8, 4) is 0 Å². The van der Waals surface area contributed by atoms with Gasteiger partial charge >= 0.3 is 0 Å². The highest BCUT2D eigenvalue weighted by Crippen LogP contribution is 2.30. The van der Waals surface area contributed by atoms with Crippen LogP contribution in [0.2, 0.25) is 0 Å². The van der Waals surface area contributed by atoms with E-state index in [1.54, 1.807) is 0 Å². The van der Waals surface area contributed by atoms with Gasteiger partial charge in [-0.25, -0.2) is 9.97 Å². The van der Waals surface area contributed by atoms with Crippen LogP contribution >= 0.6 is 0 Å². The third kappa shape index (κ3) is 2.42. The number of nitrogens with zero attached hydrogens (tertiary/aromatic N) is 3. The van der Waals surface area contributed by atoms with Crippen molar-refractivity contribution in [1.29, 1.82) is 0 Å². The van der Waals surface area contributed by atoms with Gasteiger partial charge in [-0.2, -0.15) is 0 Å². The molecule has 1 aromatic rings. The lowest BCUT2D eigenvalue weighted by Gasteiger charge is -2.27. The monoisotopic (exact) mass is 248 g/mol. The summed E-state index contributed by atoms with van der Waals surface area (Å²) >= 11 is 0. The fourth-order valence-corrected chi connectivity index (χ4v) is 2.72. The number of aryl methyl sites for hydroxylation is 1. The fourth-order valence-electron chi connectivity index (χ4n) is 2.72. The predicted octanol–water partition coefficient (Wildman–Crippen LogP) is 2.70. The van der Waals surface area contributed by atoms with Crippen LogP contribution in [-0.2, 0) is 6.42 Å². The summed E-state index contributed by atoms with van der Waals surface area (Å²) in [6.07, 6.45) is 5.65. The second kappa shape index (κ2) is 5.55. The van der Waals surface area contributed by atoms with E-state index in [-0.39, 0.29) is 0 Å². The minimum absolute atomic E-state index is 0.618. The van der Waals surface area contributed by atoms with Crippen molar-refractivity contribution in [3.63, 3.8) is 0 Å². The van der Waals surface area contributed by atoms with Gasteiger partial charge in [0.2, 0.25) is 0 Å². The molecule has 0 radical (unpaired) electrons. The number of hydrogen-bond acceptors (Lipinski definition) is 4. The largest absolute Gasteiger partial charge is 0.383 e. The highest BCUT2D eigenvalue weighted by atomic mass is 15.2. The molecular formula is C14H24N4. The molecule has 1 saturated heterocycles. The molecule has 0 bridgehead atoms. The summed E-state index contributed by atoms with van der Waals surface area (Å²) in [4.78, 5) is 11.5. The third-order valence-electron chi connectivity index (χ3n) is 3.80. The Morgan fingerprint density at radius 2 is 2.11 bits per heavy atom. The lowest BCUT2D eigenvalue weighted by Crippen LogP contribution is -2.30. The average molecular weight is 248 g/mol. The number of anilines is 2.